The third kappa shape index (κ3) is 4.56. The fourth-order valence-electron chi connectivity index (χ4n) is 3.29. The van der Waals surface area contributed by atoms with Crippen molar-refractivity contribution in [1.82, 2.24) is 5.32 Å². The first kappa shape index (κ1) is 20.3. The SMILES string of the molecule is Cl.O=C(N(c1ccccc1)[C@@H]1CCN[C@H](c2ccccc2)C1)C(F)(F)F. The fourth-order valence-corrected chi connectivity index (χ4v) is 3.29. The lowest BCUT2D eigenvalue weighted by molar-refractivity contribution is -0.171. The molecule has 1 fully saturated rings. The van der Waals surface area contributed by atoms with E-state index in [9.17, 15) is 18.0 Å². The Morgan fingerprint density at radius 3 is 2.15 bits per heavy atom. The number of hydrogen-bond acceptors (Lipinski definition) is 2. The van der Waals surface area contributed by atoms with Gasteiger partial charge in [0.1, 0.15) is 0 Å². The van der Waals surface area contributed by atoms with Crippen LogP contribution in [0.15, 0.2) is 60.7 Å². The Labute approximate surface area is 156 Å². The highest BCUT2D eigenvalue weighted by Crippen LogP contribution is 2.32. The fraction of sp³-hybridized carbons (Fsp3) is 0.316. The number of halogens is 4. The molecule has 7 heteroatoms. The van der Waals surface area contributed by atoms with E-state index >= 15 is 0 Å². The van der Waals surface area contributed by atoms with Crippen LogP contribution >= 0.6 is 12.4 Å². The summed E-state index contributed by atoms with van der Waals surface area (Å²) < 4.78 is 39.5. The Balaban J connectivity index is 0.00000243. The van der Waals surface area contributed by atoms with E-state index in [1.807, 2.05) is 30.3 Å². The zero-order valence-electron chi connectivity index (χ0n) is 13.9. The molecule has 1 N–H and O–H groups in total. The van der Waals surface area contributed by atoms with Crippen LogP contribution < -0.4 is 10.2 Å². The van der Waals surface area contributed by atoms with Crippen LogP contribution in [0.2, 0.25) is 0 Å². The summed E-state index contributed by atoms with van der Waals surface area (Å²) in [5, 5.41) is 3.33. The molecular formula is C19H20ClF3N2O. The van der Waals surface area contributed by atoms with Crippen molar-refractivity contribution in [3.63, 3.8) is 0 Å². The number of nitrogens with one attached hydrogen (secondary N) is 1. The van der Waals surface area contributed by atoms with Gasteiger partial charge in [-0.25, -0.2) is 0 Å². The molecule has 1 aliphatic rings. The molecule has 0 radical (unpaired) electrons. The molecule has 3 rings (SSSR count). The van der Waals surface area contributed by atoms with E-state index < -0.39 is 18.1 Å². The van der Waals surface area contributed by atoms with Crippen molar-refractivity contribution >= 4 is 24.0 Å². The quantitative estimate of drug-likeness (QED) is 0.845. The molecule has 1 saturated heterocycles. The lowest BCUT2D eigenvalue weighted by Gasteiger charge is -2.38. The van der Waals surface area contributed by atoms with Gasteiger partial charge in [0.25, 0.3) is 0 Å². The maximum absolute atomic E-state index is 13.2. The van der Waals surface area contributed by atoms with E-state index in [4.69, 9.17) is 0 Å². The third-order valence-electron chi connectivity index (χ3n) is 4.44. The van der Waals surface area contributed by atoms with E-state index in [0.717, 1.165) is 10.5 Å². The average molecular weight is 385 g/mol. The number of carbonyl (C=O) groups is 1. The second-order valence-electron chi connectivity index (χ2n) is 6.10. The second-order valence-corrected chi connectivity index (χ2v) is 6.10. The molecule has 2 aromatic carbocycles. The third-order valence-corrected chi connectivity index (χ3v) is 4.44. The summed E-state index contributed by atoms with van der Waals surface area (Å²) in [5.41, 5.74) is 1.29. The highest BCUT2D eigenvalue weighted by Gasteiger charge is 2.46. The van der Waals surface area contributed by atoms with Gasteiger partial charge in [0.15, 0.2) is 0 Å². The highest BCUT2D eigenvalue weighted by molar-refractivity contribution is 5.97. The molecule has 2 aromatic rings. The Morgan fingerprint density at radius 2 is 1.58 bits per heavy atom. The molecule has 0 unspecified atom stereocenters. The largest absolute Gasteiger partial charge is 0.471 e. The summed E-state index contributed by atoms with van der Waals surface area (Å²) in [6.07, 6.45) is -4.00. The van der Waals surface area contributed by atoms with Gasteiger partial charge in [-0.15, -0.1) is 12.4 Å². The predicted molar refractivity (Wildman–Crippen MR) is 97.4 cm³/mol. The van der Waals surface area contributed by atoms with Gasteiger partial charge < -0.3 is 10.2 Å². The van der Waals surface area contributed by atoms with E-state index in [2.05, 4.69) is 5.32 Å². The van der Waals surface area contributed by atoms with Crippen LogP contribution in [0.25, 0.3) is 0 Å². The Bertz CT molecular complexity index is 710. The highest BCUT2D eigenvalue weighted by atomic mass is 35.5. The molecule has 0 spiro atoms. The molecule has 3 nitrogen and oxygen atoms in total. The molecule has 0 saturated carbocycles. The van der Waals surface area contributed by atoms with Crippen molar-refractivity contribution in [1.29, 1.82) is 0 Å². The van der Waals surface area contributed by atoms with Crippen LogP contribution in [0, 0.1) is 0 Å². The Kier molecular flexibility index (Phi) is 6.67. The molecule has 2 atom stereocenters. The number of piperidine rings is 1. The monoisotopic (exact) mass is 384 g/mol. The predicted octanol–water partition coefficient (Wildman–Crippen LogP) is 4.50. The van der Waals surface area contributed by atoms with E-state index in [0.29, 0.717) is 19.4 Å². The van der Waals surface area contributed by atoms with Crippen LogP contribution in [0.1, 0.15) is 24.4 Å². The van der Waals surface area contributed by atoms with Crippen LogP contribution in [0.4, 0.5) is 18.9 Å². The normalized spacial score (nSPS) is 20.1. The zero-order chi connectivity index (χ0) is 17.9. The van der Waals surface area contributed by atoms with Gasteiger partial charge in [0.05, 0.1) is 0 Å². The smallest absolute Gasteiger partial charge is 0.310 e. The summed E-state index contributed by atoms with van der Waals surface area (Å²) in [6, 6.07) is 17.1. The number of benzene rings is 2. The van der Waals surface area contributed by atoms with Crippen molar-refractivity contribution < 1.29 is 18.0 Å². The summed E-state index contributed by atoms with van der Waals surface area (Å²) in [5.74, 6) is -1.81. The van der Waals surface area contributed by atoms with Crippen molar-refractivity contribution in [2.24, 2.45) is 0 Å². The molecule has 0 aliphatic carbocycles. The maximum Gasteiger partial charge on any atom is 0.471 e. The van der Waals surface area contributed by atoms with Crippen molar-refractivity contribution in [2.75, 3.05) is 11.4 Å². The van der Waals surface area contributed by atoms with Crippen molar-refractivity contribution in [3.8, 4) is 0 Å². The number of amides is 1. The van der Waals surface area contributed by atoms with Gasteiger partial charge in [-0.05, 0) is 37.1 Å². The van der Waals surface area contributed by atoms with Crippen LogP contribution in [-0.4, -0.2) is 24.7 Å². The molecule has 0 bridgehead atoms. The maximum atomic E-state index is 13.2. The van der Waals surface area contributed by atoms with E-state index in [1.165, 1.54) is 0 Å². The first-order chi connectivity index (χ1) is 12.0. The van der Waals surface area contributed by atoms with Crippen LogP contribution in [-0.2, 0) is 4.79 Å². The van der Waals surface area contributed by atoms with Crippen LogP contribution in [0.3, 0.4) is 0 Å². The summed E-state index contributed by atoms with van der Waals surface area (Å²) >= 11 is 0. The minimum atomic E-state index is -4.90. The molecule has 1 heterocycles. The van der Waals surface area contributed by atoms with Gasteiger partial charge in [-0.2, -0.15) is 13.2 Å². The van der Waals surface area contributed by atoms with Crippen LogP contribution in [0.5, 0.6) is 0 Å². The zero-order valence-corrected chi connectivity index (χ0v) is 14.8. The average Bonchev–Trinajstić information content (AvgIpc) is 2.63. The Morgan fingerprint density at radius 1 is 1.00 bits per heavy atom. The number of carbonyl (C=O) groups excluding carboxylic acids is 1. The van der Waals surface area contributed by atoms with Gasteiger partial charge in [-0.3, -0.25) is 4.79 Å². The Hall–Kier alpha value is -2.05. The number of nitrogens with zero attached hydrogens (tertiary/aromatic N) is 1. The first-order valence-electron chi connectivity index (χ1n) is 8.20. The number of alkyl halides is 3. The number of anilines is 1. The molecule has 140 valence electrons. The number of hydrogen-bond donors (Lipinski definition) is 1. The lowest BCUT2D eigenvalue weighted by atomic mass is 9.92. The van der Waals surface area contributed by atoms with E-state index in [1.54, 1.807) is 30.3 Å². The molecule has 26 heavy (non-hydrogen) atoms. The summed E-state index contributed by atoms with van der Waals surface area (Å²) in [7, 11) is 0. The van der Waals surface area contributed by atoms with Crippen molar-refractivity contribution in [2.45, 2.75) is 31.1 Å². The van der Waals surface area contributed by atoms with Gasteiger partial charge >= 0.3 is 12.1 Å². The first-order valence-corrected chi connectivity index (χ1v) is 8.20. The van der Waals surface area contributed by atoms with Gasteiger partial charge in [0.2, 0.25) is 0 Å². The molecule has 1 aliphatic heterocycles. The minimum Gasteiger partial charge on any atom is -0.310 e. The second kappa shape index (κ2) is 8.56. The van der Waals surface area contributed by atoms with Crippen molar-refractivity contribution in [3.05, 3.63) is 66.2 Å². The standard InChI is InChI=1S/C19H19F3N2O.ClH/c20-19(21,22)18(25)24(15-9-5-2-6-10-15)16-11-12-23-17(13-16)14-7-3-1-4-8-14;/h1-10,16-17,23H,11-13H2;1H/t16-,17+;/m1./s1. The van der Waals surface area contributed by atoms with E-state index in [-0.39, 0.29) is 24.1 Å². The number of para-hydroxylation sites is 1. The van der Waals surface area contributed by atoms with Gasteiger partial charge in [0, 0.05) is 17.8 Å². The topological polar surface area (TPSA) is 32.3 Å². The molecule has 1 amide bonds. The lowest BCUT2D eigenvalue weighted by Crippen LogP contribution is -2.51. The molecular weight excluding hydrogens is 365 g/mol. The summed E-state index contributed by atoms with van der Waals surface area (Å²) in [6.45, 7) is 0.554. The summed E-state index contributed by atoms with van der Waals surface area (Å²) in [4.78, 5) is 13.0. The van der Waals surface area contributed by atoms with Gasteiger partial charge in [-0.1, -0.05) is 48.5 Å². The number of rotatable bonds is 3. The molecule has 0 aromatic heterocycles. The minimum absolute atomic E-state index is 0.